The molecule has 0 heterocycles. The first-order chi connectivity index (χ1) is 8.88. The van der Waals surface area contributed by atoms with Crippen molar-refractivity contribution in [3.05, 3.63) is 0 Å². The fourth-order valence-corrected chi connectivity index (χ4v) is 3.77. The van der Waals surface area contributed by atoms with E-state index in [4.69, 9.17) is 0 Å². The minimum Gasteiger partial charge on any atom is -0.299 e. The van der Waals surface area contributed by atoms with Gasteiger partial charge in [-0.1, -0.05) is 26.2 Å². The number of carbonyl (C=O) groups excluding carboxylic acids is 1. The Hall–Kier alpha value is -0.540. The van der Waals surface area contributed by atoms with Crippen LogP contribution in [-0.4, -0.2) is 12.0 Å². The number of Topliss-reactive ketones (excluding diaryl/α,β-unsaturated/α-hetero) is 1. The number of carbonyl (C=O) groups is 1. The van der Waals surface area contributed by atoms with Crippen molar-refractivity contribution < 1.29 is 18.0 Å². The summed E-state index contributed by atoms with van der Waals surface area (Å²) in [4.78, 5) is 12.4. The maximum absolute atomic E-state index is 12.8. The molecule has 19 heavy (non-hydrogen) atoms. The van der Waals surface area contributed by atoms with Crippen LogP contribution >= 0.6 is 0 Å². The first-order valence-electron chi connectivity index (χ1n) is 7.48. The Morgan fingerprint density at radius 2 is 1.53 bits per heavy atom. The molecular weight excluding hydrogens is 253 g/mol. The van der Waals surface area contributed by atoms with Crippen molar-refractivity contribution in [3.63, 3.8) is 0 Å². The number of alkyl halides is 3. The molecule has 0 aromatic rings. The van der Waals surface area contributed by atoms with E-state index in [2.05, 4.69) is 6.92 Å². The van der Waals surface area contributed by atoms with E-state index < -0.39 is 12.1 Å². The molecule has 0 N–H and O–H groups in total. The molecule has 2 aliphatic carbocycles. The smallest absolute Gasteiger partial charge is 0.299 e. The summed E-state index contributed by atoms with van der Waals surface area (Å²) < 4.78 is 38.3. The molecule has 110 valence electrons. The van der Waals surface area contributed by atoms with Gasteiger partial charge in [0.25, 0.3) is 0 Å². The van der Waals surface area contributed by atoms with E-state index in [1.165, 1.54) is 0 Å². The van der Waals surface area contributed by atoms with Gasteiger partial charge in [-0.15, -0.1) is 0 Å². The van der Waals surface area contributed by atoms with Crippen LogP contribution in [0.15, 0.2) is 0 Å². The highest BCUT2D eigenvalue weighted by Gasteiger charge is 2.44. The second kappa shape index (κ2) is 5.84. The molecule has 0 radical (unpaired) electrons. The van der Waals surface area contributed by atoms with Gasteiger partial charge in [-0.2, -0.15) is 13.2 Å². The topological polar surface area (TPSA) is 17.1 Å². The monoisotopic (exact) mass is 276 g/mol. The van der Waals surface area contributed by atoms with Gasteiger partial charge in [0.15, 0.2) is 0 Å². The van der Waals surface area contributed by atoms with Crippen molar-refractivity contribution in [3.8, 4) is 0 Å². The van der Waals surface area contributed by atoms with Crippen LogP contribution in [0.2, 0.25) is 0 Å². The Labute approximate surface area is 112 Å². The van der Waals surface area contributed by atoms with E-state index in [1.807, 2.05) is 0 Å². The number of halogens is 3. The van der Waals surface area contributed by atoms with Crippen LogP contribution < -0.4 is 0 Å². The van der Waals surface area contributed by atoms with Gasteiger partial charge >= 0.3 is 6.18 Å². The van der Waals surface area contributed by atoms with Crippen LogP contribution in [0.4, 0.5) is 13.2 Å². The Bertz CT molecular complexity index is 324. The van der Waals surface area contributed by atoms with Gasteiger partial charge in [0, 0.05) is 11.8 Å². The third-order valence-electron chi connectivity index (χ3n) is 4.88. The van der Waals surface area contributed by atoms with Crippen molar-refractivity contribution in [2.75, 3.05) is 0 Å². The van der Waals surface area contributed by atoms with Crippen LogP contribution in [-0.2, 0) is 4.79 Å². The number of ketones is 1. The molecular formula is C15H23F3O. The van der Waals surface area contributed by atoms with Crippen molar-refractivity contribution in [2.24, 2.45) is 23.7 Å². The van der Waals surface area contributed by atoms with E-state index in [-0.39, 0.29) is 30.5 Å². The zero-order valence-electron chi connectivity index (χ0n) is 11.5. The van der Waals surface area contributed by atoms with E-state index in [9.17, 15) is 18.0 Å². The summed E-state index contributed by atoms with van der Waals surface area (Å²) in [7, 11) is 0. The van der Waals surface area contributed by atoms with Crippen LogP contribution in [0.1, 0.15) is 58.3 Å². The van der Waals surface area contributed by atoms with E-state index in [0.717, 1.165) is 25.7 Å². The van der Waals surface area contributed by atoms with Gasteiger partial charge in [0.2, 0.25) is 0 Å². The lowest BCUT2D eigenvalue weighted by molar-refractivity contribution is -0.186. The molecule has 4 atom stereocenters. The van der Waals surface area contributed by atoms with E-state index >= 15 is 0 Å². The Kier molecular flexibility index (Phi) is 4.57. The van der Waals surface area contributed by atoms with Crippen LogP contribution in [0.5, 0.6) is 0 Å². The average Bonchev–Trinajstić information content (AvgIpc) is 2.37. The second-order valence-corrected chi connectivity index (χ2v) is 6.47. The largest absolute Gasteiger partial charge is 0.391 e. The van der Waals surface area contributed by atoms with Gasteiger partial charge in [-0.05, 0) is 38.0 Å². The fourth-order valence-electron chi connectivity index (χ4n) is 3.77. The predicted octanol–water partition coefficient (Wildman–Crippen LogP) is 4.75. The molecule has 0 saturated heterocycles. The zero-order chi connectivity index (χ0) is 14.0. The van der Waals surface area contributed by atoms with E-state index in [0.29, 0.717) is 18.8 Å². The summed E-state index contributed by atoms with van der Waals surface area (Å²) in [6, 6.07) is 0. The van der Waals surface area contributed by atoms with Crippen LogP contribution in [0, 0.1) is 23.7 Å². The maximum atomic E-state index is 12.8. The molecule has 0 amide bonds. The molecule has 2 rings (SSSR count). The SMILES string of the molecule is CC1CCCC(C(=O)C2CCCC(C(F)(F)F)C2)C1. The molecule has 0 bridgehead atoms. The minimum absolute atomic E-state index is 0.0285. The molecule has 2 fully saturated rings. The Balaban J connectivity index is 1.95. The summed E-state index contributed by atoms with van der Waals surface area (Å²) in [6.45, 7) is 2.14. The lowest BCUT2D eigenvalue weighted by atomic mass is 9.71. The van der Waals surface area contributed by atoms with Gasteiger partial charge in [-0.25, -0.2) is 0 Å². The minimum atomic E-state index is -4.13. The molecule has 2 aliphatic rings. The molecule has 0 aromatic carbocycles. The number of hydrogen-bond donors (Lipinski definition) is 0. The molecule has 2 saturated carbocycles. The highest BCUT2D eigenvalue weighted by atomic mass is 19.4. The standard InChI is InChI=1S/C15H23F3O/c1-10-4-2-5-11(8-10)14(19)12-6-3-7-13(9-12)15(16,17)18/h10-13H,2-9H2,1H3. The highest BCUT2D eigenvalue weighted by molar-refractivity contribution is 5.83. The Morgan fingerprint density at radius 1 is 0.947 bits per heavy atom. The van der Waals surface area contributed by atoms with E-state index in [1.54, 1.807) is 0 Å². The summed E-state index contributed by atoms with van der Waals surface area (Å²) in [6.07, 6.45) is 1.29. The Morgan fingerprint density at radius 3 is 2.11 bits per heavy atom. The lowest BCUT2D eigenvalue weighted by Gasteiger charge is -2.33. The molecule has 0 aliphatic heterocycles. The van der Waals surface area contributed by atoms with Crippen LogP contribution in [0.25, 0.3) is 0 Å². The summed E-state index contributed by atoms with van der Waals surface area (Å²) in [5.74, 6) is -0.891. The summed E-state index contributed by atoms with van der Waals surface area (Å²) >= 11 is 0. The third-order valence-corrected chi connectivity index (χ3v) is 4.88. The molecule has 4 heteroatoms. The van der Waals surface area contributed by atoms with Crippen molar-refractivity contribution in [2.45, 2.75) is 64.5 Å². The summed E-state index contributed by atoms with van der Waals surface area (Å²) in [5.41, 5.74) is 0. The first-order valence-corrected chi connectivity index (χ1v) is 7.48. The molecule has 0 spiro atoms. The average molecular weight is 276 g/mol. The molecule has 1 nitrogen and oxygen atoms in total. The maximum Gasteiger partial charge on any atom is 0.391 e. The van der Waals surface area contributed by atoms with Crippen LogP contribution in [0.3, 0.4) is 0 Å². The first kappa shape index (κ1) is 14.9. The fraction of sp³-hybridized carbons (Fsp3) is 0.933. The van der Waals surface area contributed by atoms with Crippen molar-refractivity contribution >= 4 is 5.78 Å². The highest BCUT2D eigenvalue weighted by Crippen LogP contribution is 2.42. The van der Waals surface area contributed by atoms with Gasteiger partial charge < -0.3 is 0 Å². The number of rotatable bonds is 2. The van der Waals surface area contributed by atoms with Gasteiger partial charge in [0.1, 0.15) is 5.78 Å². The summed E-state index contributed by atoms with van der Waals surface area (Å²) in [5, 5.41) is 0. The second-order valence-electron chi connectivity index (χ2n) is 6.47. The number of hydrogen-bond acceptors (Lipinski definition) is 1. The lowest BCUT2D eigenvalue weighted by Crippen LogP contribution is -2.35. The predicted molar refractivity (Wildman–Crippen MR) is 67.6 cm³/mol. The quantitative estimate of drug-likeness (QED) is 0.711. The van der Waals surface area contributed by atoms with Crippen molar-refractivity contribution in [1.82, 2.24) is 0 Å². The zero-order valence-corrected chi connectivity index (χ0v) is 11.5. The van der Waals surface area contributed by atoms with Gasteiger partial charge in [-0.3, -0.25) is 4.79 Å². The normalized spacial score (nSPS) is 37.1. The molecule has 0 aromatic heterocycles. The van der Waals surface area contributed by atoms with Crippen molar-refractivity contribution in [1.29, 1.82) is 0 Å². The van der Waals surface area contributed by atoms with Gasteiger partial charge in [0.05, 0.1) is 5.92 Å². The molecule has 4 unspecified atom stereocenters. The third kappa shape index (κ3) is 3.73.